The van der Waals surface area contributed by atoms with Crippen LogP contribution in [0.25, 0.3) is 0 Å². The maximum atomic E-state index is 10.9. The second-order valence-corrected chi connectivity index (χ2v) is 5.26. The highest BCUT2D eigenvalue weighted by molar-refractivity contribution is 9.10. The highest BCUT2D eigenvalue weighted by atomic mass is 79.9. The zero-order chi connectivity index (χ0) is 13.7. The first kappa shape index (κ1) is 15.2. The molecule has 1 atom stereocenters. The molecule has 0 radical (unpaired) electrons. The normalized spacial score (nSPS) is 12.2. The smallest absolute Gasteiger partial charge is 0.313 e. The molecule has 1 aromatic rings. The number of benzene rings is 1. The molecule has 0 heterocycles. The molecule has 0 saturated carbocycles. The molecule has 0 aromatic heterocycles. The Kier molecular flexibility index (Phi) is 5.84. The fourth-order valence-corrected chi connectivity index (χ4v) is 2.37. The Morgan fingerprint density at radius 3 is 2.83 bits per heavy atom. The molecular formula is C11H14BrClN2O3. The van der Waals surface area contributed by atoms with Crippen molar-refractivity contribution in [2.75, 3.05) is 20.2 Å². The second kappa shape index (κ2) is 6.92. The Bertz CT molecular complexity index is 443. The first-order chi connectivity index (χ1) is 8.45. The van der Waals surface area contributed by atoms with Gasteiger partial charge < -0.3 is 10.1 Å². The van der Waals surface area contributed by atoms with E-state index >= 15 is 0 Å². The van der Waals surface area contributed by atoms with Crippen molar-refractivity contribution in [3.63, 3.8) is 0 Å². The number of nitrogens with one attached hydrogen (secondary N) is 1. The molecule has 0 aliphatic rings. The van der Waals surface area contributed by atoms with Gasteiger partial charge in [0.25, 0.3) is 0 Å². The zero-order valence-corrected chi connectivity index (χ0v) is 12.4. The van der Waals surface area contributed by atoms with Gasteiger partial charge in [0, 0.05) is 23.6 Å². The van der Waals surface area contributed by atoms with Crippen molar-refractivity contribution in [3.05, 3.63) is 31.7 Å². The molecule has 0 bridgehead atoms. The molecule has 0 saturated heterocycles. The van der Waals surface area contributed by atoms with E-state index in [1.165, 1.54) is 6.07 Å². The number of ether oxygens (including phenoxy) is 1. The minimum absolute atomic E-state index is 0.133. The van der Waals surface area contributed by atoms with E-state index < -0.39 is 4.92 Å². The van der Waals surface area contributed by atoms with Crippen LogP contribution < -0.4 is 10.1 Å². The van der Waals surface area contributed by atoms with Gasteiger partial charge in [-0.25, -0.2) is 0 Å². The molecule has 1 rings (SSSR count). The van der Waals surface area contributed by atoms with Crippen LogP contribution in [0.1, 0.15) is 6.92 Å². The number of rotatable bonds is 6. The summed E-state index contributed by atoms with van der Waals surface area (Å²) in [6.07, 6.45) is 0. The number of halogens is 2. The van der Waals surface area contributed by atoms with Gasteiger partial charge in [-0.3, -0.25) is 10.1 Å². The Balaban J connectivity index is 2.90. The van der Waals surface area contributed by atoms with Crippen molar-refractivity contribution in [2.45, 2.75) is 6.92 Å². The van der Waals surface area contributed by atoms with Crippen LogP contribution in [0.15, 0.2) is 16.6 Å². The van der Waals surface area contributed by atoms with Crippen molar-refractivity contribution in [1.29, 1.82) is 0 Å². The number of nitrogens with zero attached hydrogens (tertiary/aromatic N) is 1. The average molecular weight is 338 g/mol. The van der Waals surface area contributed by atoms with E-state index in [0.29, 0.717) is 16.1 Å². The van der Waals surface area contributed by atoms with E-state index in [4.69, 9.17) is 16.3 Å². The molecule has 0 amide bonds. The van der Waals surface area contributed by atoms with Crippen LogP contribution in [0.4, 0.5) is 5.69 Å². The van der Waals surface area contributed by atoms with Crippen molar-refractivity contribution in [3.8, 4) is 5.75 Å². The lowest BCUT2D eigenvalue weighted by Crippen LogP contribution is -2.22. The predicted octanol–water partition coefficient (Wildman–Crippen LogP) is 3.25. The lowest BCUT2D eigenvalue weighted by Gasteiger charge is -2.13. The highest BCUT2D eigenvalue weighted by Gasteiger charge is 2.20. The summed E-state index contributed by atoms with van der Waals surface area (Å²) in [5.74, 6) is 0.463. The van der Waals surface area contributed by atoms with Crippen molar-refractivity contribution < 1.29 is 9.66 Å². The number of nitro benzene ring substituents is 1. The van der Waals surface area contributed by atoms with Gasteiger partial charge in [0.15, 0.2) is 0 Å². The monoisotopic (exact) mass is 336 g/mol. The minimum Gasteiger partial charge on any atom is -0.486 e. The maximum absolute atomic E-state index is 10.9. The third kappa shape index (κ3) is 4.12. The summed E-state index contributed by atoms with van der Waals surface area (Å²) in [6.45, 7) is 3.16. The van der Waals surface area contributed by atoms with E-state index in [-0.39, 0.29) is 17.4 Å². The zero-order valence-electron chi connectivity index (χ0n) is 10.1. The summed E-state index contributed by atoms with van der Waals surface area (Å²) >= 11 is 9.00. The summed E-state index contributed by atoms with van der Waals surface area (Å²) in [4.78, 5) is 10.4. The van der Waals surface area contributed by atoms with Gasteiger partial charge >= 0.3 is 5.69 Å². The maximum Gasteiger partial charge on any atom is 0.313 e. The standard InChI is InChI=1S/C11H14BrClN2O3/c1-7(5-14-2)6-18-11-9(12)3-8(13)4-10(11)15(16)17/h3-4,7,14H,5-6H2,1-2H3. The molecule has 1 aromatic carbocycles. The molecule has 0 fully saturated rings. The van der Waals surface area contributed by atoms with Crippen LogP contribution in [0, 0.1) is 16.0 Å². The van der Waals surface area contributed by atoms with Crippen LogP contribution in [0.5, 0.6) is 5.75 Å². The van der Waals surface area contributed by atoms with Crippen molar-refractivity contribution in [1.82, 2.24) is 5.32 Å². The van der Waals surface area contributed by atoms with Gasteiger partial charge in [-0.15, -0.1) is 0 Å². The third-order valence-electron chi connectivity index (χ3n) is 2.25. The summed E-state index contributed by atoms with van der Waals surface area (Å²) in [7, 11) is 1.84. The van der Waals surface area contributed by atoms with E-state index in [0.717, 1.165) is 6.54 Å². The first-order valence-electron chi connectivity index (χ1n) is 5.36. The molecule has 1 unspecified atom stereocenters. The fraction of sp³-hybridized carbons (Fsp3) is 0.455. The third-order valence-corrected chi connectivity index (χ3v) is 3.06. The quantitative estimate of drug-likeness (QED) is 0.639. The summed E-state index contributed by atoms with van der Waals surface area (Å²) in [5.41, 5.74) is -0.133. The highest BCUT2D eigenvalue weighted by Crippen LogP contribution is 2.38. The molecule has 5 nitrogen and oxygen atoms in total. The number of hydrogen-bond donors (Lipinski definition) is 1. The van der Waals surface area contributed by atoms with Crippen molar-refractivity contribution >= 4 is 33.2 Å². The van der Waals surface area contributed by atoms with Gasteiger partial charge in [-0.1, -0.05) is 18.5 Å². The Labute approximate surface area is 119 Å². The van der Waals surface area contributed by atoms with Gasteiger partial charge in [-0.05, 0) is 29.0 Å². The fourth-order valence-electron chi connectivity index (χ4n) is 1.46. The lowest BCUT2D eigenvalue weighted by molar-refractivity contribution is -0.386. The van der Waals surface area contributed by atoms with Crippen molar-refractivity contribution in [2.24, 2.45) is 5.92 Å². The largest absolute Gasteiger partial charge is 0.486 e. The Morgan fingerprint density at radius 2 is 2.28 bits per heavy atom. The van der Waals surface area contributed by atoms with E-state index in [1.54, 1.807) is 6.07 Å². The van der Waals surface area contributed by atoms with Gasteiger partial charge in [-0.2, -0.15) is 0 Å². The van der Waals surface area contributed by atoms with Crippen LogP contribution in [0.2, 0.25) is 5.02 Å². The van der Waals surface area contributed by atoms with Crippen LogP contribution in [-0.2, 0) is 0 Å². The van der Waals surface area contributed by atoms with E-state index in [9.17, 15) is 10.1 Å². The number of hydrogen-bond acceptors (Lipinski definition) is 4. The Morgan fingerprint density at radius 1 is 1.61 bits per heavy atom. The lowest BCUT2D eigenvalue weighted by atomic mass is 10.2. The first-order valence-corrected chi connectivity index (χ1v) is 6.53. The van der Waals surface area contributed by atoms with Gasteiger partial charge in [0.2, 0.25) is 5.75 Å². The molecule has 0 spiro atoms. The second-order valence-electron chi connectivity index (χ2n) is 3.97. The van der Waals surface area contributed by atoms with Crippen LogP contribution in [-0.4, -0.2) is 25.1 Å². The van der Waals surface area contributed by atoms with E-state index in [1.807, 2.05) is 14.0 Å². The summed E-state index contributed by atoms with van der Waals surface area (Å²) in [6, 6.07) is 2.86. The molecule has 7 heteroatoms. The topological polar surface area (TPSA) is 64.4 Å². The predicted molar refractivity (Wildman–Crippen MR) is 74.4 cm³/mol. The molecule has 100 valence electrons. The van der Waals surface area contributed by atoms with Gasteiger partial charge in [0.05, 0.1) is 16.0 Å². The molecule has 18 heavy (non-hydrogen) atoms. The van der Waals surface area contributed by atoms with E-state index in [2.05, 4.69) is 21.2 Å². The molecule has 0 aliphatic carbocycles. The molecular weight excluding hydrogens is 323 g/mol. The SMILES string of the molecule is CNCC(C)COc1c(Br)cc(Cl)cc1[N+](=O)[O-]. The minimum atomic E-state index is -0.505. The van der Waals surface area contributed by atoms with Gasteiger partial charge in [0.1, 0.15) is 0 Å². The Hall–Kier alpha value is -0.850. The number of nitro groups is 1. The molecule has 0 aliphatic heterocycles. The average Bonchev–Trinajstić information content (AvgIpc) is 2.27. The summed E-state index contributed by atoms with van der Waals surface area (Å²) in [5, 5.41) is 14.2. The summed E-state index contributed by atoms with van der Waals surface area (Å²) < 4.78 is 6.00. The molecule has 1 N–H and O–H groups in total. The van der Waals surface area contributed by atoms with Crippen LogP contribution >= 0.6 is 27.5 Å². The van der Waals surface area contributed by atoms with Crippen LogP contribution in [0.3, 0.4) is 0 Å².